The summed E-state index contributed by atoms with van der Waals surface area (Å²) < 4.78 is 132. The number of nitrogens with zero attached hydrogens (tertiary/aromatic N) is 6. The molecule has 1 saturated heterocycles. The third kappa shape index (κ3) is 19.6. The van der Waals surface area contributed by atoms with Gasteiger partial charge in [0.25, 0.3) is 20.0 Å². The fraction of sp³-hybridized carbons (Fsp3) is 0.291. The van der Waals surface area contributed by atoms with E-state index in [1.165, 1.54) is 98.7 Å². The normalized spacial score (nSPS) is 12.9. The second-order valence-electron chi connectivity index (χ2n) is 27.4. The van der Waals surface area contributed by atoms with Crippen molar-refractivity contribution in [2.45, 2.75) is 133 Å². The predicted molar refractivity (Wildman–Crippen MR) is 431 cm³/mol. The summed E-state index contributed by atoms with van der Waals surface area (Å²) >= 11 is 4.32. The molecule has 22 nitrogen and oxygen atoms in total. The minimum absolute atomic E-state index is 0.0108. The SMILES string of the molecule is COc1ccc(-c2sc(NC(C)(C)c3ccccc3)nc2C)cc1S(=O)(=O)NC1CCN(C(C)=O)CC1.COc1ccc(-c2sc(NC(C)(C)c3ccccn3)nc2C)cc1S(=O)(=O)Nc1c(C)cccc1F.COc1ccc(-c2sc(NC(C)(C)c3cccnc3)nc2C)cc1S(=O)(=O)Nc1c(C)cccc1F. The van der Waals surface area contributed by atoms with Crippen LogP contribution in [0.1, 0.15) is 106 Å². The topological polar surface area (TPSA) is 287 Å². The molecule has 11 aromatic rings. The van der Waals surface area contributed by atoms with Crippen LogP contribution in [0, 0.1) is 46.3 Å². The minimum atomic E-state index is -4.16. The first-order valence-corrected chi connectivity index (χ1v) is 41.5. The number of likely N-dealkylation sites (tertiary alicyclic amines) is 1. The Morgan fingerprint density at radius 1 is 0.486 bits per heavy atom. The monoisotopic (exact) mass is 1590 g/mol. The van der Waals surface area contributed by atoms with Gasteiger partial charge in [-0.1, -0.05) is 101 Å². The molecule has 0 saturated carbocycles. The number of carbonyl (C=O) groups is 1. The third-order valence-electron chi connectivity index (χ3n) is 18.2. The maximum Gasteiger partial charge on any atom is 0.265 e. The number of carbonyl (C=O) groups excluding carboxylic acids is 1. The van der Waals surface area contributed by atoms with Crippen LogP contribution in [-0.4, -0.2) is 101 Å². The maximum absolute atomic E-state index is 14.4. The zero-order chi connectivity index (χ0) is 79.0. The second-order valence-corrected chi connectivity index (χ2v) is 35.4. The lowest BCUT2D eigenvalue weighted by atomic mass is 9.95. The average molecular weight is 1600 g/mol. The van der Waals surface area contributed by atoms with Crippen LogP contribution >= 0.6 is 34.0 Å². The van der Waals surface area contributed by atoms with Crippen LogP contribution in [-0.2, 0) is 51.5 Å². The first-order valence-electron chi connectivity index (χ1n) is 34.6. The number of thiazole rings is 3. The largest absolute Gasteiger partial charge is 0.495 e. The molecule has 5 aromatic heterocycles. The van der Waals surface area contributed by atoms with Crippen molar-refractivity contribution >= 4 is 96.8 Å². The van der Waals surface area contributed by atoms with Gasteiger partial charge in [-0.3, -0.25) is 24.2 Å². The Balaban J connectivity index is 0.000000174. The van der Waals surface area contributed by atoms with E-state index in [9.17, 15) is 38.8 Å². The number of benzene rings is 6. The van der Waals surface area contributed by atoms with E-state index in [1.807, 2.05) is 103 Å². The Morgan fingerprint density at radius 2 is 0.890 bits per heavy atom. The lowest BCUT2D eigenvalue weighted by molar-refractivity contribution is -0.129. The summed E-state index contributed by atoms with van der Waals surface area (Å²) in [7, 11) is -7.92. The number of methoxy groups -OCH3 is 3. The van der Waals surface area contributed by atoms with Gasteiger partial charge in [-0.2, -0.15) is 0 Å². The van der Waals surface area contributed by atoms with Gasteiger partial charge in [-0.05, 0) is 213 Å². The Hall–Kier alpha value is -9.95. The lowest BCUT2D eigenvalue weighted by Gasteiger charge is -2.31. The van der Waals surface area contributed by atoms with Crippen LogP contribution in [0.4, 0.5) is 35.6 Å². The van der Waals surface area contributed by atoms with Gasteiger partial charge >= 0.3 is 0 Å². The van der Waals surface area contributed by atoms with Crippen molar-refractivity contribution in [3.8, 4) is 48.6 Å². The molecule has 1 amide bonds. The molecule has 1 aliphatic heterocycles. The number of piperidine rings is 1. The van der Waals surface area contributed by atoms with Gasteiger partial charge in [0.2, 0.25) is 15.9 Å². The molecule has 1 aliphatic rings. The van der Waals surface area contributed by atoms with E-state index in [-0.39, 0.29) is 60.8 Å². The standard InChI is InChI=1S/C27H34N4O4S2.2C26H27FN4O3S2/c1-18-25(36-26(28-18)29-27(3,4)21-9-7-6-8-10-21)20-11-12-23(35-5)24(17-20)37(33,34)30-22-13-15-31(16-14-22)19(2)32;1-16-8-6-10-20(27)23(16)31-36(32,33)22-14-18(11-12-21(22)34-5)24-17(2)29-25(35-24)30-26(3,4)19-9-7-13-28-15-19;1-16-9-8-10-19(27)23(16)31-36(32,33)21-15-18(12-13-20(21)34-5)24-17(2)29-25(35-24)30-26(3,4)22-11-6-7-14-28-22/h6-12,17,22,30H,13-16H2,1-5H3,(H,28,29);2*6-15,31H,1-5H3,(H,29,30). The fourth-order valence-electron chi connectivity index (χ4n) is 12.1. The Labute approximate surface area is 648 Å². The Kier molecular flexibility index (Phi) is 25.4. The number of sulfonamides is 3. The highest BCUT2D eigenvalue weighted by Crippen LogP contribution is 2.43. The van der Waals surface area contributed by atoms with Crippen LogP contribution in [0.25, 0.3) is 31.3 Å². The minimum Gasteiger partial charge on any atom is -0.495 e. The number of pyridine rings is 2. The van der Waals surface area contributed by atoms with Crippen molar-refractivity contribution < 1.29 is 53.0 Å². The van der Waals surface area contributed by atoms with Gasteiger partial charge in [0.05, 0.1) is 86.7 Å². The maximum atomic E-state index is 14.4. The van der Waals surface area contributed by atoms with Crippen LogP contribution in [0.5, 0.6) is 17.2 Å². The molecule has 0 aliphatic carbocycles. The zero-order valence-electron chi connectivity index (χ0n) is 63.0. The zero-order valence-corrected chi connectivity index (χ0v) is 67.9. The number of amides is 1. The van der Waals surface area contributed by atoms with Crippen molar-refractivity contribution in [3.05, 3.63) is 227 Å². The quantitative estimate of drug-likeness (QED) is 0.0328. The molecule has 0 unspecified atom stereocenters. The van der Waals surface area contributed by atoms with Crippen LogP contribution in [0.2, 0.25) is 0 Å². The number of halogens is 2. The van der Waals surface area contributed by atoms with E-state index < -0.39 is 52.8 Å². The molecular weight excluding hydrogens is 1510 g/mol. The van der Waals surface area contributed by atoms with Crippen molar-refractivity contribution in [3.63, 3.8) is 0 Å². The van der Waals surface area contributed by atoms with Gasteiger partial charge < -0.3 is 35.1 Å². The van der Waals surface area contributed by atoms with Crippen molar-refractivity contribution in [2.24, 2.45) is 0 Å². The van der Waals surface area contributed by atoms with Crippen molar-refractivity contribution in [1.82, 2.24) is 34.5 Å². The molecule has 574 valence electrons. The van der Waals surface area contributed by atoms with Crippen LogP contribution in [0.15, 0.2) is 185 Å². The van der Waals surface area contributed by atoms with E-state index >= 15 is 0 Å². The molecule has 1 fully saturated rings. The van der Waals surface area contributed by atoms with Gasteiger partial charge in [0.1, 0.15) is 43.6 Å². The molecule has 0 atom stereocenters. The molecule has 6 N–H and O–H groups in total. The number of aryl methyl sites for hydroxylation is 5. The van der Waals surface area contributed by atoms with E-state index in [0.29, 0.717) is 58.4 Å². The number of hydrogen-bond acceptors (Lipinski definition) is 21. The smallest absolute Gasteiger partial charge is 0.265 e. The van der Waals surface area contributed by atoms with Gasteiger partial charge in [0, 0.05) is 44.6 Å². The van der Waals surface area contributed by atoms with E-state index in [4.69, 9.17) is 19.2 Å². The van der Waals surface area contributed by atoms with E-state index in [2.05, 4.69) is 76.0 Å². The highest BCUT2D eigenvalue weighted by Gasteiger charge is 2.32. The number of anilines is 5. The summed E-state index contributed by atoms with van der Waals surface area (Å²) in [6.07, 6.45) is 6.41. The molecule has 109 heavy (non-hydrogen) atoms. The summed E-state index contributed by atoms with van der Waals surface area (Å²) in [4.78, 5) is 38.4. The first kappa shape index (κ1) is 81.6. The number of hydrogen-bond donors (Lipinski definition) is 6. The summed E-state index contributed by atoms with van der Waals surface area (Å²) in [6, 6.07) is 43.2. The lowest BCUT2D eigenvalue weighted by Crippen LogP contribution is -2.45. The summed E-state index contributed by atoms with van der Waals surface area (Å²) in [6.45, 7) is 23.8. The number of ether oxygens (including phenoxy) is 3. The van der Waals surface area contributed by atoms with Gasteiger partial charge in [-0.15, -0.1) is 0 Å². The van der Waals surface area contributed by atoms with Crippen LogP contribution in [0.3, 0.4) is 0 Å². The van der Waals surface area contributed by atoms with Gasteiger partial charge in [-0.25, -0.2) is 53.7 Å². The molecule has 0 radical (unpaired) electrons. The fourth-order valence-corrected chi connectivity index (χ4v) is 19.6. The molecule has 12 rings (SSSR count). The van der Waals surface area contributed by atoms with E-state index in [1.54, 1.807) is 85.9 Å². The molecule has 6 aromatic carbocycles. The Bertz CT molecular complexity index is 5160. The number of para-hydroxylation sites is 2. The summed E-state index contributed by atoms with van der Waals surface area (Å²) in [5, 5.41) is 12.5. The molecule has 0 bridgehead atoms. The van der Waals surface area contributed by atoms with Crippen molar-refractivity contribution in [2.75, 3.05) is 59.8 Å². The van der Waals surface area contributed by atoms with E-state index in [0.717, 1.165) is 59.2 Å². The first-order chi connectivity index (χ1) is 51.5. The number of aromatic nitrogens is 5. The summed E-state index contributed by atoms with van der Waals surface area (Å²) in [5.41, 5.74) is 6.90. The molecule has 30 heteroatoms. The second kappa shape index (κ2) is 33.9. The molecule has 0 spiro atoms. The number of nitrogens with one attached hydrogen (secondary N) is 6. The summed E-state index contributed by atoms with van der Waals surface area (Å²) in [5.74, 6) is -0.715. The Morgan fingerprint density at radius 3 is 1.28 bits per heavy atom. The predicted octanol–water partition coefficient (Wildman–Crippen LogP) is 17.0. The highest BCUT2D eigenvalue weighted by molar-refractivity contribution is 7.93. The molecular formula is C79H88F2N12O10S6. The average Bonchev–Trinajstić information content (AvgIpc) is 1.77. The van der Waals surface area contributed by atoms with Crippen molar-refractivity contribution in [1.29, 1.82) is 0 Å². The number of rotatable bonds is 24. The van der Waals surface area contributed by atoms with Crippen LogP contribution < -0.4 is 44.3 Å². The molecule has 6 heterocycles. The van der Waals surface area contributed by atoms with Gasteiger partial charge in [0.15, 0.2) is 15.4 Å². The third-order valence-corrected chi connectivity index (χ3v) is 25.8. The highest BCUT2D eigenvalue weighted by atomic mass is 32.2.